The van der Waals surface area contributed by atoms with Crippen LogP contribution in [0, 0.1) is 0 Å². The summed E-state index contributed by atoms with van der Waals surface area (Å²) in [6.07, 6.45) is 41.6. The van der Waals surface area contributed by atoms with Gasteiger partial charge in [-0.05, 0) is 25.7 Å². The van der Waals surface area contributed by atoms with Gasteiger partial charge in [0.05, 0.1) is 25.2 Å². The maximum atomic E-state index is 13.1. The lowest BCUT2D eigenvalue weighted by molar-refractivity contribution is -0.151. The van der Waals surface area contributed by atoms with Crippen molar-refractivity contribution in [2.75, 3.05) is 6.61 Å². The number of unbranched alkanes of at least 4 members (excludes halogenated alkanes) is 30. The summed E-state index contributed by atoms with van der Waals surface area (Å²) in [7, 11) is 0. The zero-order valence-corrected chi connectivity index (χ0v) is 35.2. The van der Waals surface area contributed by atoms with Gasteiger partial charge >= 0.3 is 5.97 Å². The molecule has 0 aliphatic carbocycles. The van der Waals surface area contributed by atoms with Gasteiger partial charge in [0, 0.05) is 6.42 Å². The summed E-state index contributed by atoms with van der Waals surface area (Å²) in [6, 6.07) is -0.689. The van der Waals surface area contributed by atoms with E-state index in [-0.39, 0.29) is 24.9 Å². The van der Waals surface area contributed by atoms with Crippen LogP contribution in [0.5, 0.6) is 0 Å². The molecular formula is C46H91NO5. The molecule has 3 unspecified atom stereocenters. The van der Waals surface area contributed by atoms with Crippen molar-refractivity contribution in [2.24, 2.45) is 0 Å². The highest BCUT2D eigenvalue weighted by Crippen LogP contribution is 2.18. The van der Waals surface area contributed by atoms with Crippen LogP contribution in [-0.4, -0.2) is 46.9 Å². The topological polar surface area (TPSA) is 95.9 Å². The first-order valence-corrected chi connectivity index (χ1v) is 23.3. The van der Waals surface area contributed by atoms with E-state index in [4.69, 9.17) is 4.74 Å². The minimum absolute atomic E-state index is 0.0867. The van der Waals surface area contributed by atoms with Gasteiger partial charge in [0.1, 0.15) is 6.10 Å². The smallest absolute Gasteiger partial charge is 0.306 e. The molecule has 6 nitrogen and oxygen atoms in total. The van der Waals surface area contributed by atoms with Crippen LogP contribution in [0.1, 0.15) is 258 Å². The van der Waals surface area contributed by atoms with E-state index in [0.29, 0.717) is 19.3 Å². The zero-order chi connectivity index (χ0) is 38.2. The van der Waals surface area contributed by atoms with Gasteiger partial charge in [-0.15, -0.1) is 0 Å². The van der Waals surface area contributed by atoms with Crippen molar-refractivity contribution in [1.29, 1.82) is 0 Å². The highest BCUT2D eigenvalue weighted by Gasteiger charge is 2.24. The van der Waals surface area contributed by atoms with E-state index in [0.717, 1.165) is 44.9 Å². The molecule has 0 heterocycles. The van der Waals surface area contributed by atoms with E-state index in [9.17, 15) is 19.8 Å². The molecule has 52 heavy (non-hydrogen) atoms. The Labute approximate surface area is 324 Å². The Bertz CT molecular complexity index is 746. The molecule has 0 rings (SSSR count). The second-order valence-corrected chi connectivity index (χ2v) is 16.2. The van der Waals surface area contributed by atoms with Crippen molar-refractivity contribution in [3.63, 3.8) is 0 Å². The number of hydrogen-bond donors (Lipinski definition) is 3. The van der Waals surface area contributed by atoms with Crippen LogP contribution >= 0.6 is 0 Å². The van der Waals surface area contributed by atoms with Crippen molar-refractivity contribution in [1.82, 2.24) is 5.32 Å². The van der Waals surface area contributed by atoms with Gasteiger partial charge in [0.2, 0.25) is 5.91 Å². The number of amides is 1. The Morgan fingerprint density at radius 2 is 0.808 bits per heavy atom. The fourth-order valence-electron chi connectivity index (χ4n) is 7.37. The summed E-state index contributed by atoms with van der Waals surface area (Å²) in [5, 5.41) is 23.6. The summed E-state index contributed by atoms with van der Waals surface area (Å²) in [4.78, 5) is 25.9. The van der Waals surface area contributed by atoms with E-state index in [1.54, 1.807) is 0 Å². The lowest BCUT2D eigenvalue weighted by atomic mass is 10.0. The van der Waals surface area contributed by atoms with Gasteiger partial charge in [0.15, 0.2) is 0 Å². The lowest BCUT2D eigenvalue weighted by Crippen LogP contribution is -2.46. The molecule has 0 bridgehead atoms. The average Bonchev–Trinajstić information content (AvgIpc) is 3.13. The second-order valence-electron chi connectivity index (χ2n) is 16.2. The first kappa shape index (κ1) is 50.9. The Morgan fingerprint density at radius 1 is 0.481 bits per heavy atom. The quantitative estimate of drug-likeness (QED) is 0.0428. The van der Waals surface area contributed by atoms with Crippen molar-refractivity contribution in [3.05, 3.63) is 0 Å². The molecule has 3 N–H and O–H groups in total. The molecule has 0 saturated carbocycles. The monoisotopic (exact) mass is 738 g/mol. The molecule has 0 fully saturated rings. The number of aliphatic hydroxyl groups is 2. The third-order valence-corrected chi connectivity index (χ3v) is 10.9. The van der Waals surface area contributed by atoms with Gasteiger partial charge in [-0.1, -0.05) is 220 Å². The molecule has 3 atom stereocenters. The summed E-state index contributed by atoms with van der Waals surface area (Å²) in [6.45, 7) is 6.46. The molecule has 0 aromatic carbocycles. The van der Waals surface area contributed by atoms with Gasteiger partial charge in [-0.3, -0.25) is 9.59 Å². The van der Waals surface area contributed by atoms with Crippen molar-refractivity contribution < 1.29 is 24.5 Å². The van der Waals surface area contributed by atoms with Crippen LogP contribution in [0.25, 0.3) is 0 Å². The SMILES string of the molecule is CCCCCCCCCCCCCCCCCC(CC(=O)NC(CO)C(O)CCCCCCCCCCC)OC(=O)CCCCCCCCCCC. The van der Waals surface area contributed by atoms with E-state index in [1.165, 1.54) is 167 Å². The molecule has 0 aliphatic heterocycles. The number of hydrogen-bond acceptors (Lipinski definition) is 5. The third-order valence-electron chi connectivity index (χ3n) is 10.9. The number of nitrogens with one attached hydrogen (secondary N) is 1. The minimum atomic E-state index is -0.776. The van der Waals surface area contributed by atoms with Crippen LogP contribution in [0.4, 0.5) is 0 Å². The van der Waals surface area contributed by atoms with Crippen LogP contribution in [-0.2, 0) is 14.3 Å². The molecule has 0 radical (unpaired) electrons. The fourth-order valence-corrected chi connectivity index (χ4v) is 7.37. The molecule has 0 spiro atoms. The average molecular weight is 738 g/mol. The molecule has 0 aromatic heterocycles. The van der Waals surface area contributed by atoms with Crippen LogP contribution in [0.2, 0.25) is 0 Å². The van der Waals surface area contributed by atoms with Crippen LogP contribution in [0.3, 0.4) is 0 Å². The predicted octanol–water partition coefficient (Wildman–Crippen LogP) is 13.2. The summed E-state index contributed by atoms with van der Waals surface area (Å²) in [5.74, 6) is -0.460. The normalized spacial score (nSPS) is 13.2. The zero-order valence-electron chi connectivity index (χ0n) is 35.2. The van der Waals surface area contributed by atoms with E-state index in [1.807, 2.05) is 0 Å². The standard InChI is InChI=1S/C46H91NO5/c1-4-7-10-13-16-19-20-21-22-23-24-27-28-31-34-37-42(52-46(51)39-36-33-30-26-18-15-12-9-6-3)40-45(50)47-43(41-48)44(49)38-35-32-29-25-17-14-11-8-5-2/h42-44,48-49H,4-41H2,1-3H3,(H,47,50). The highest BCUT2D eigenvalue weighted by molar-refractivity contribution is 5.77. The molecule has 0 saturated heterocycles. The van der Waals surface area contributed by atoms with Crippen molar-refractivity contribution >= 4 is 11.9 Å². The summed E-state index contributed by atoms with van der Waals surface area (Å²) < 4.78 is 5.90. The van der Waals surface area contributed by atoms with Crippen LogP contribution in [0.15, 0.2) is 0 Å². The molecule has 1 amide bonds. The Balaban J connectivity index is 4.52. The Morgan fingerprint density at radius 3 is 1.17 bits per heavy atom. The van der Waals surface area contributed by atoms with Gasteiger partial charge in [-0.2, -0.15) is 0 Å². The maximum absolute atomic E-state index is 13.1. The van der Waals surface area contributed by atoms with Gasteiger partial charge in [0.25, 0.3) is 0 Å². The molecule has 0 aromatic rings. The predicted molar refractivity (Wildman–Crippen MR) is 223 cm³/mol. The first-order valence-electron chi connectivity index (χ1n) is 23.3. The summed E-state index contributed by atoms with van der Waals surface area (Å²) >= 11 is 0. The summed E-state index contributed by atoms with van der Waals surface area (Å²) in [5.41, 5.74) is 0. The number of esters is 1. The van der Waals surface area contributed by atoms with Crippen molar-refractivity contribution in [2.45, 2.75) is 277 Å². The first-order chi connectivity index (χ1) is 25.5. The van der Waals surface area contributed by atoms with Gasteiger partial charge in [-0.25, -0.2) is 0 Å². The molecule has 0 aliphatic rings. The number of ether oxygens (including phenoxy) is 1. The van der Waals surface area contributed by atoms with Crippen LogP contribution < -0.4 is 5.32 Å². The van der Waals surface area contributed by atoms with Gasteiger partial charge < -0.3 is 20.3 Å². The van der Waals surface area contributed by atoms with Crippen molar-refractivity contribution in [3.8, 4) is 0 Å². The molecule has 6 heteroatoms. The minimum Gasteiger partial charge on any atom is -0.462 e. The van der Waals surface area contributed by atoms with E-state index in [2.05, 4.69) is 26.1 Å². The Hall–Kier alpha value is -1.14. The number of rotatable bonds is 42. The number of aliphatic hydroxyl groups excluding tert-OH is 2. The largest absolute Gasteiger partial charge is 0.462 e. The fraction of sp³-hybridized carbons (Fsp3) is 0.957. The molecular weight excluding hydrogens is 647 g/mol. The highest BCUT2D eigenvalue weighted by atomic mass is 16.5. The maximum Gasteiger partial charge on any atom is 0.306 e. The van der Waals surface area contributed by atoms with E-state index < -0.39 is 18.2 Å². The number of carbonyl (C=O) groups excluding carboxylic acids is 2. The lowest BCUT2D eigenvalue weighted by Gasteiger charge is -2.24. The molecule has 310 valence electrons. The second kappa shape index (κ2) is 41.0. The van der Waals surface area contributed by atoms with E-state index >= 15 is 0 Å². The Kier molecular flexibility index (Phi) is 40.1. The number of carbonyl (C=O) groups is 2. The third kappa shape index (κ3) is 35.9.